The lowest BCUT2D eigenvalue weighted by molar-refractivity contribution is 0.189. The first kappa shape index (κ1) is 13.4. The van der Waals surface area contributed by atoms with Crippen LogP contribution in [-0.4, -0.2) is 40.5 Å². The predicted octanol–water partition coefficient (Wildman–Crippen LogP) is 1.75. The van der Waals surface area contributed by atoms with Gasteiger partial charge in [-0.1, -0.05) is 6.92 Å². The van der Waals surface area contributed by atoms with Crippen molar-refractivity contribution < 1.29 is 0 Å². The highest BCUT2D eigenvalue weighted by atomic mass is 15.1. The normalized spacial score (nSPS) is 18.1. The van der Waals surface area contributed by atoms with E-state index in [9.17, 15) is 0 Å². The fourth-order valence-electron chi connectivity index (χ4n) is 2.37. The summed E-state index contributed by atoms with van der Waals surface area (Å²) in [5.74, 6) is 0. The maximum atomic E-state index is 4.42. The SMILES string of the molecule is CCCNC1CCN(Cc2cnc(C)cn2)CC1. The fraction of sp³-hybridized carbons (Fsp3) is 0.714. The Balaban J connectivity index is 1.74. The first-order valence-electron chi connectivity index (χ1n) is 7.01. The monoisotopic (exact) mass is 248 g/mol. The molecule has 2 heterocycles. The predicted molar refractivity (Wildman–Crippen MR) is 73.4 cm³/mol. The van der Waals surface area contributed by atoms with Crippen LogP contribution in [0.5, 0.6) is 0 Å². The molecular formula is C14H24N4. The average molecular weight is 248 g/mol. The van der Waals surface area contributed by atoms with Gasteiger partial charge in [0.25, 0.3) is 0 Å². The van der Waals surface area contributed by atoms with Crippen LogP contribution >= 0.6 is 0 Å². The van der Waals surface area contributed by atoms with Crippen molar-refractivity contribution >= 4 is 0 Å². The molecule has 1 aliphatic heterocycles. The molecule has 1 aromatic heterocycles. The summed E-state index contributed by atoms with van der Waals surface area (Å²) in [4.78, 5) is 11.2. The van der Waals surface area contributed by atoms with E-state index in [1.165, 1.54) is 19.3 Å². The van der Waals surface area contributed by atoms with Crippen molar-refractivity contribution in [2.45, 2.75) is 45.7 Å². The molecule has 1 aliphatic rings. The van der Waals surface area contributed by atoms with E-state index in [2.05, 4.69) is 27.1 Å². The number of aryl methyl sites for hydroxylation is 1. The molecule has 2 rings (SSSR count). The largest absolute Gasteiger partial charge is 0.314 e. The van der Waals surface area contributed by atoms with Gasteiger partial charge in [-0.2, -0.15) is 0 Å². The van der Waals surface area contributed by atoms with Crippen molar-refractivity contribution in [3.8, 4) is 0 Å². The second-order valence-corrected chi connectivity index (χ2v) is 5.15. The zero-order valence-electron chi connectivity index (χ0n) is 11.5. The van der Waals surface area contributed by atoms with Crippen LogP contribution in [0.1, 0.15) is 37.6 Å². The highest BCUT2D eigenvalue weighted by molar-refractivity contribution is 5.00. The standard InChI is InChI=1S/C14H24N4/c1-3-6-15-13-4-7-18(8-5-13)11-14-10-16-12(2)9-17-14/h9-10,13,15H,3-8,11H2,1-2H3. The number of rotatable bonds is 5. The summed E-state index contributed by atoms with van der Waals surface area (Å²) in [5.41, 5.74) is 2.07. The van der Waals surface area contributed by atoms with Crippen molar-refractivity contribution in [2.24, 2.45) is 0 Å². The van der Waals surface area contributed by atoms with E-state index in [0.29, 0.717) is 6.04 Å². The summed E-state index contributed by atoms with van der Waals surface area (Å²) in [6.45, 7) is 8.61. The molecule has 0 atom stereocenters. The van der Waals surface area contributed by atoms with Crippen molar-refractivity contribution in [1.29, 1.82) is 0 Å². The molecule has 0 amide bonds. The number of hydrogen-bond acceptors (Lipinski definition) is 4. The lowest BCUT2D eigenvalue weighted by Crippen LogP contribution is -2.42. The highest BCUT2D eigenvalue weighted by Gasteiger charge is 2.18. The number of nitrogens with one attached hydrogen (secondary N) is 1. The number of piperidine rings is 1. The van der Waals surface area contributed by atoms with Crippen molar-refractivity contribution in [2.75, 3.05) is 19.6 Å². The Morgan fingerprint density at radius 2 is 2.06 bits per heavy atom. The number of hydrogen-bond donors (Lipinski definition) is 1. The van der Waals surface area contributed by atoms with Gasteiger partial charge in [-0.25, -0.2) is 0 Å². The molecule has 0 spiro atoms. The van der Waals surface area contributed by atoms with Crippen LogP contribution in [0.15, 0.2) is 12.4 Å². The smallest absolute Gasteiger partial charge is 0.0727 e. The van der Waals surface area contributed by atoms with E-state index in [-0.39, 0.29) is 0 Å². The van der Waals surface area contributed by atoms with E-state index in [0.717, 1.165) is 37.6 Å². The number of likely N-dealkylation sites (tertiary alicyclic amines) is 1. The van der Waals surface area contributed by atoms with E-state index in [4.69, 9.17) is 0 Å². The third-order valence-electron chi connectivity index (χ3n) is 3.49. The molecule has 1 saturated heterocycles. The zero-order valence-corrected chi connectivity index (χ0v) is 11.5. The summed E-state index contributed by atoms with van der Waals surface area (Å²) in [5, 5.41) is 3.61. The first-order valence-corrected chi connectivity index (χ1v) is 7.01. The summed E-state index contributed by atoms with van der Waals surface area (Å²) < 4.78 is 0. The molecule has 0 radical (unpaired) electrons. The fourth-order valence-corrected chi connectivity index (χ4v) is 2.37. The van der Waals surface area contributed by atoms with Gasteiger partial charge in [-0.3, -0.25) is 14.9 Å². The van der Waals surface area contributed by atoms with Gasteiger partial charge in [0, 0.05) is 38.1 Å². The van der Waals surface area contributed by atoms with Gasteiger partial charge in [0.1, 0.15) is 0 Å². The summed E-state index contributed by atoms with van der Waals surface area (Å²) >= 11 is 0. The Kier molecular flexibility index (Phi) is 5.08. The van der Waals surface area contributed by atoms with E-state index in [1.54, 1.807) is 0 Å². The molecule has 18 heavy (non-hydrogen) atoms. The summed E-state index contributed by atoms with van der Waals surface area (Å²) in [6.07, 6.45) is 7.47. The Labute approximate surface area is 110 Å². The molecule has 0 aliphatic carbocycles. The van der Waals surface area contributed by atoms with Crippen LogP contribution in [0.3, 0.4) is 0 Å². The molecule has 4 heteroatoms. The lowest BCUT2D eigenvalue weighted by atomic mass is 10.0. The third kappa shape index (κ3) is 4.03. The molecule has 1 aromatic rings. The third-order valence-corrected chi connectivity index (χ3v) is 3.49. The van der Waals surface area contributed by atoms with Gasteiger partial charge < -0.3 is 5.32 Å². The van der Waals surface area contributed by atoms with Crippen LogP contribution < -0.4 is 5.32 Å². The van der Waals surface area contributed by atoms with Gasteiger partial charge in [-0.05, 0) is 32.7 Å². The van der Waals surface area contributed by atoms with Crippen LogP contribution in [0.4, 0.5) is 0 Å². The quantitative estimate of drug-likeness (QED) is 0.862. The van der Waals surface area contributed by atoms with Crippen LogP contribution in [-0.2, 0) is 6.54 Å². The molecule has 4 nitrogen and oxygen atoms in total. The molecule has 0 unspecified atom stereocenters. The van der Waals surface area contributed by atoms with Crippen LogP contribution in [0.25, 0.3) is 0 Å². The maximum absolute atomic E-state index is 4.42. The topological polar surface area (TPSA) is 41.0 Å². The van der Waals surface area contributed by atoms with Gasteiger partial charge >= 0.3 is 0 Å². The highest BCUT2D eigenvalue weighted by Crippen LogP contribution is 2.12. The molecule has 100 valence electrons. The second kappa shape index (κ2) is 6.81. The number of nitrogens with zero attached hydrogens (tertiary/aromatic N) is 3. The Bertz CT molecular complexity index is 341. The van der Waals surface area contributed by atoms with Gasteiger partial charge in [0.15, 0.2) is 0 Å². The second-order valence-electron chi connectivity index (χ2n) is 5.15. The molecule has 0 saturated carbocycles. The first-order chi connectivity index (χ1) is 8.78. The number of aromatic nitrogens is 2. The average Bonchev–Trinajstić information content (AvgIpc) is 2.41. The molecule has 1 N–H and O–H groups in total. The molecule has 1 fully saturated rings. The Morgan fingerprint density at radius 1 is 1.28 bits per heavy atom. The van der Waals surface area contributed by atoms with Crippen LogP contribution in [0.2, 0.25) is 0 Å². The maximum Gasteiger partial charge on any atom is 0.0727 e. The van der Waals surface area contributed by atoms with E-state index >= 15 is 0 Å². The molecule has 0 bridgehead atoms. The van der Waals surface area contributed by atoms with E-state index in [1.807, 2.05) is 19.3 Å². The molecular weight excluding hydrogens is 224 g/mol. The summed E-state index contributed by atoms with van der Waals surface area (Å²) in [6, 6.07) is 0.713. The minimum atomic E-state index is 0.713. The van der Waals surface area contributed by atoms with Crippen LogP contribution in [0, 0.1) is 6.92 Å². The zero-order chi connectivity index (χ0) is 12.8. The van der Waals surface area contributed by atoms with Gasteiger partial charge in [0.05, 0.1) is 11.4 Å². The van der Waals surface area contributed by atoms with Gasteiger partial charge in [0.2, 0.25) is 0 Å². The molecule has 0 aromatic carbocycles. The Morgan fingerprint density at radius 3 is 2.67 bits per heavy atom. The van der Waals surface area contributed by atoms with Crippen molar-refractivity contribution in [3.63, 3.8) is 0 Å². The summed E-state index contributed by atoms with van der Waals surface area (Å²) in [7, 11) is 0. The Hall–Kier alpha value is -1.00. The minimum Gasteiger partial charge on any atom is -0.314 e. The van der Waals surface area contributed by atoms with Crippen molar-refractivity contribution in [1.82, 2.24) is 20.2 Å². The van der Waals surface area contributed by atoms with E-state index < -0.39 is 0 Å². The van der Waals surface area contributed by atoms with Crippen molar-refractivity contribution in [3.05, 3.63) is 23.8 Å². The van der Waals surface area contributed by atoms with Gasteiger partial charge in [-0.15, -0.1) is 0 Å². The lowest BCUT2D eigenvalue weighted by Gasteiger charge is -2.32. The minimum absolute atomic E-state index is 0.713.